The number of aryl methyl sites for hydroxylation is 1. The molecule has 1 aliphatic carbocycles. The van der Waals surface area contributed by atoms with Crippen molar-refractivity contribution in [3.05, 3.63) is 35.4 Å². The molecule has 0 bridgehead atoms. The topological polar surface area (TPSA) is 61.9 Å². The molecule has 1 saturated heterocycles. The zero-order chi connectivity index (χ0) is 21.8. The molecule has 168 valence electrons. The van der Waals surface area contributed by atoms with Crippen LogP contribution in [0.15, 0.2) is 29.8 Å². The van der Waals surface area contributed by atoms with Gasteiger partial charge in [0.05, 0.1) is 12.2 Å². The van der Waals surface area contributed by atoms with Gasteiger partial charge in [0.25, 0.3) is 0 Å². The number of nitrogens with one attached hydrogen (secondary N) is 1. The van der Waals surface area contributed by atoms with Crippen LogP contribution in [0.3, 0.4) is 0 Å². The average Bonchev–Trinajstić information content (AvgIpc) is 2.79. The Morgan fingerprint density at radius 2 is 2.00 bits per heavy atom. The fourth-order valence-corrected chi connectivity index (χ4v) is 4.85. The Hall–Kier alpha value is -2.50. The zero-order valence-electron chi connectivity index (χ0n) is 18.9. The summed E-state index contributed by atoms with van der Waals surface area (Å²) in [6.07, 6.45) is 9.65. The highest BCUT2D eigenvalue weighted by Crippen LogP contribution is 2.35. The molecule has 4 rings (SSSR count). The summed E-state index contributed by atoms with van der Waals surface area (Å²) in [5.74, 6) is 0.909. The summed E-state index contributed by atoms with van der Waals surface area (Å²) >= 11 is 0. The van der Waals surface area contributed by atoms with E-state index in [9.17, 15) is 9.59 Å². The fraction of sp³-hybridized carbons (Fsp3) is 0.600. The SMILES string of the molecule is Cc1ccc2c(c1)N(C(=O)N1CCC(C(=O)NCCC3=CCCCC3)CC1)C[C@@H](C)O2. The van der Waals surface area contributed by atoms with Crippen LogP contribution in [0.2, 0.25) is 0 Å². The maximum absolute atomic E-state index is 13.3. The van der Waals surface area contributed by atoms with Crippen molar-refractivity contribution in [1.29, 1.82) is 0 Å². The third-order valence-electron chi connectivity index (χ3n) is 6.67. The largest absolute Gasteiger partial charge is 0.487 e. The lowest BCUT2D eigenvalue weighted by Crippen LogP contribution is -2.52. The van der Waals surface area contributed by atoms with Crippen molar-refractivity contribution >= 4 is 17.6 Å². The first-order valence-electron chi connectivity index (χ1n) is 11.8. The molecule has 6 heteroatoms. The highest BCUT2D eigenvalue weighted by Gasteiger charge is 2.33. The van der Waals surface area contributed by atoms with E-state index in [0.717, 1.165) is 42.8 Å². The number of amides is 3. The molecule has 0 unspecified atom stereocenters. The van der Waals surface area contributed by atoms with Crippen molar-refractivity contribution in [2.45, 2.75) is 64.9 Å². The van der Waals surface area contributed by atoms with E-state index in [-0.39, 0.29) is 24.0 Å². The van der Waals surface area contributed by atoms with E-state index in [1.54, 1.807) is 0 Å². The van der Waals surface area contributed by atoms with Crippen molar-refractivity contribution in [2.75, 3.05) is 31.1 Å². The molecule has 1 atom stereocenters. The second-order valence-electron chi connectivity index (χ2n) is 9.20. The van der Waals surface area contributed by atoms with Crippen LogP contribution >= 0.6 is 0 Å². The minimum absolute atomic E-state index is 0.00234. The van der Waals surface area contributed by atoms with Gasteiger partial charge >= 0.3 is 6.03 Å². The van der Waals surface area contributed by atoms with E-state index < -0.39 is 0 Å². The molecule has 31 heavy (non-hydrogen) atoms. The summed E-state index contributed by atoms with van der Waals surface area (Å²) in [6.45, 7) is 6.53. The molecule has 2 heterocycles. The molecule has 2 aliphatic heterocycles. The summed E-state index contributed by atoms with van der Waals surface area (Å²) in [7, 11) is 0. The van der Waals surface area contributed by atoms with Gasteiger partial charge in [-0.05, 0) is 76.5 Å². The molecule has 3 amide bonds. The number of allylic oxidation sites excluding steroid dienone is 1. The third kappa shape index (κ3) is 5.23. The number of rotatable bonds is 4. The van der Waals surface area contributed by atoms with Gasteiger partial charge in [-0.25, -0.2) is 4.79 Å². The van der Waals surface area contributed by atoms with Crippen LogP contribution in [0.4, 0.5) is 10.5 Å². The molecule has 3 aliphatic rings. The number of likely N-dealkylation sites (tertiary alicyclic amines) is 1. The van der Waals surface area contributed by atoms with Crippen molar-refractivity contribution in [2.24, 2.45) is 5.92 Å². The lowest BCUT2D eigenvalue weighted by atomic mass is 9.95. The van der Waals surface area contributed by atoms with Gasteiger partial charge < -0.3 is 15.0 Å². The Morgan fingerprint density at radius 1 is 1.19 bits per heavy atom. The van der Waals surface area contributed by atoms with E-state index in [1.165, 1.54) is 31.3 Å². The van der Waals surface area contributed by atoms with Crippen LogP contribution in [-0.2, 0) is 4.79 Å². The van der Waals surface area contributed by atoms with Crippen LogP contribution < -0.4 is 15.0 Å². The molecule has 0 radical (unpaired) electrons. The number of carbonyl (C=O) groups is 2. The van der Waals surface area contributed by atoms with E-state index in [2.05, 4.69) is 11.4 Å². The molecule has 0 saturated carbocycles. The molecule has 1 aromatic carbocycles. The van der Waals surface area contributed by atoms with Gasteiger partial charge in [0.2, 0.25) is 5.91 Å². The number of ether oxygens (including phenoxy) is 1. The maximum atomic E-state index is 13.3. The zero-order valence-corrected chi connectivity index (χ0v) is 18.9. The standard InChI is InChI=1S/C25H35N3O3/c1-18-8-9-23-22(16-18)28(17-19(2)31-23)25(30)27-14-11-21(12-15-27)24(29)26-13-10-20-6-4-3-5-7-20/h6,8-9,16,19,21H,3-5,7,10-15,17H2,1-2H3,(H,26,29)/t19-/m1/s1. The van der Waals surface area contributed by atoms with Crippen LogP contribution in [0.1, 0.15) is 57.4 Å². The number of hydrogen-bond donors (Lipinski definition) is 1. The van der Waals surface area contributed by atoms with Crippen LogP contribution in [-0.4, -0.2) is 49.1 Å². The Morgan fingerprint density at radius 3 is 2.74 bits per heavy atom. The number of fused-ring (bicyclic) bond motifs is 1. The van der Waals surface area contributed by atoms with E-state index in [1.807, 2.05) is 41.8 Å². The average molecular weight is 426 g/mol. The molecular weight excluding hydrogens is 390 g/mol. The normalized spacial score (nSPS) is 21.7. The quantitative estimate of drug-likeness (QED) is 0.727. The predicted octanol–water partition coefficient (Wildman–Crippen LogP) is 4.42. The first kappa shape index (κ1) is 21.7. The number of hydrogen-bond acceptors (Lipinski definition) is 3. The van der Waals surface area contributed by atoms with Gasteiger partial charge in [0, 0.05) is 25.6 Å². The van der Waals surface area contributed by atoms with Crippen LogP contribution in [0, 0.1) is 12.8 Å². The monoisotopic (exact) mass is 425 g/mol. The van der Waals surface area contributed by atoms with Crippen molar-refractivity contribution in [1.82, 2.24) is 10.2 Å². The number of piperidine rings is 1. The summed E-state index contributed by atoms with van der Waals surface area (Å²) in [5.41, 5.74) is 3.44. The highest BCUT2D eigenvalue weighted by atomic mass is 16.5. The summed E-state index contributed by atoms with van der Waals surface area (Å²) in [4.78, 5) is 29.6. The van der Waals surface area contributed by atoms with Crippen LogP contribution in [0.25, 0.3) is 0 Å². The lowest BCUT2D eigenvalue weighted by molar-refractivity contribution is -0.126. The molecule has 0 spiro atoms. The molecule has 0 aromatic heterocycles. The number of carbonyl (C=O) groups excluding carboxylic acids is 2. The Kier molecular flexibility index (Phi) is 6.83. The van der Waals surface area contributed by atoms with E-state index in [0.29, 0.717) is 19.6 Å². The molecule has 1 N–H and O–H groups in total. The number of anilines is 1. The lowest BCUT2D eigenvalue weighted by Gasteiger charge is -2.39. The predicted molar refractivity (Wildman–Crippen MR) is 122 cm³/mol. The van der Waals surface area contributed by atoms with Crippen molar-refractivity contribution < 1.29 is 14.3 Å². The highest BCUT2D eigenvalue weighted by molar-refractivity contribution is 5.94. The van der Waals surface area contributed by atoms with E-state index in [4.69, 9.17) is 4.74 Å². The third-order valence-corrected chi connectivity index (χ3v) is 6.67. The number of benzene rings is 1. The maximum Gasteiger partial charge on any atom is 0.324 e. The first-order chi connectivity index (χ1) is 15.0. The van der Waals surface area contributed by atoms with Gasteiger partial charge in [-0.15, -0.1) is 0 Å². The summed E-state index contributed by atoms with van der Waals surface area (Å²) in [5, 5.41) is 3.12. The second kappa shape index (κ2) is 9.75. The van der Waals surface area contributed by atoms with Gasteiger partial charge in [-0.1, -0.05) is 17.7 Å². The molecule has 1 aromatic rings. The summed E-state index contributed by atoms with van der Waals surface area (Å²) in [6, 6.07) is 5.99. The van der Waals surface area contributed by atoms with Gasteiger partial charge in [-0.2, -0.15) is 0 Å². The smallest absolute Gasteiger partial charge is 0.324 e. The molecular formula is C25H35N3O3. The Balaban J connectivity index is 1.28. The molecule has 1 fully saturated rings. The summed E-state index contributed by atoms with van der Waals surface area (Å²) < 4.78 is 5.92. The van der Waals surface area contributed by atoms with Gasteiger partial charge in [-0.3, -0.25) is 9.69 Å². The Labute approximate surface area is 185 Å². The van der Waals surface area contributed by atoms with Crippen LogP contribution in [0.5, 0.6) is 5.75 Å². The first-order valence-corrected chi connectivity index (χ1v) is 11.8. The second-order valence-corrected chi connectivity index (χ2v) is 9.20. The van der Waals surface area contributed by atoms with Crippen molar-refractivity contribution in [3.63, 3.8) is 0 Å². The van der Waals surface area contributed by atoms with E-state index >= 15 is 0 Å². The Bertz CT molecular complexity index is 842. The molecule has 6 nitrogen and oxygen atoms in total. The number of urea groups is 1. The van der Waals surface area contributed by atoms with Crippen molar-refractivity contribution in [3.8, 4) is 5.75 Å². The number of nitrogens with zero attached hydrogens (tertiary/aromatic N) is 2. The minimum Gasteiger partial charge on any atom is -0.487 e. The minimum atomic E-state index is -0.0400. The van der Waals surface area contributed by atoms with Gasteiger partial charge in [0.1, 0.15) is 11.9 Å². The van der Waals surface area contributed by atoms with Gasteiger partial charge in [0.15, 0.2) is 0 Å². The fourth-order valence-electron chi connectivity index (χ4n) is 4.85.